The van der Waals surface area contributed by atoms with Crippen LogP contribution in [0.3, 0.4) is 0 Å². The molecule has 12 heavy (non-hydrogen) atoms. The van der Waals surface area contributed by atoms with Gasteiger partial charge in [-0.15, -0.1) is 0 Å². The highest BCUT2D eigenvalue weighted by Crippen LogP contribution is 2.17. The molecule has 74 valence electrons. The van der Waals surface area contributed by atoms with Gasteiger partial charge in [0.15, 0.2) is 0 Å². The summed E-state index contributed by atoms with van der Waals surface area (Å²) in [5.41, 5.74) is 0. The molecule has 0 saturated carbocycles. The molecule has 0 heterocycles. The van der Waals surface area contributed by atoms with Gasteiger partial charge in [-0.1, -0.05) is 59.8 Å². The predicted octanol–water partition coefficient (Wildman–Crippen LogP) is 4.64. The van der Waals surface area contributed by atoms with Crippen molar-refractivity contribution >= 4 is 0 Å². The molecule has 0 spiro atoms. The van der Waals surface area contributed by atoms with Crippen molar-refractivity contribution in [3.05, 3.63) is 0 Å². The number of hydrogen-bond donors (Lipinski definition) is 0. The Morgan fingerprint density at radius 1 is 0.917 bits per heavy atom. The van der Waals surface area contributed by atoms with Crippen molar-refractivity contribution in [3.63, 3.8) is 0 Å². The molecule has 0 rings (SSSR count). The Kier molecular flexibility index (Phi) is 7.64. The van der Waals surface area contributed by atoms with E-state index in [9.17, 15) is 0 Å². The zero-order chi connectivity index (χ0) is 9.40. The van der Waals surface area contributed by atoms with Crippen molar-refractivity contribution in [3.8, 4) is 0 Å². The van der Waals surface area contributed by atoms with Crippen LogP contribution in [0, 0.1) is 11.8 Å². The summed E-state index contributed by atoms with van der Waals surface area (Å²) in [7, 11) is 0. The Morgan fingerprint density at radius 2 is 1.58 bits per heavy atom. The summed E-state index contributed by atoms with van der Waals surface area (Å²) >= 11 is 0. The van der Waals surface area contributed by atoms with Crippen molar-refractivity contribution in [1.82, 2.24) is 0 Å². The van der Waals surface area contributed by atoms with E-state index in [2.05, 4.69) is 27.7 Å². The second-order valence-electron chi connectivity index (χ2n) is 4.58. The van der Waals surface area contributed by atoms with E-state index in [0.29, 0.717) is 0 Å². The first-order valence-corrected chi connectivity index (χ1v) is 5.66. The first-order chi connectivity index (χ1) is 5.66. The Morgan fingerprint density at radius 3 is 2.08 bits per heavy atom. The Labute approximate surface area is 78.8 Å². The minimum Gasteiger partial charge on any atom is -0.0654 e. The molecule has 0 N–H and O–H groups in total. The predicted molar refractivity (Wildman–Crippen MR) is 57.4 cm³/mol. The monoisotopic (exact) mass is 170 g/mol. The molecule has 1 unspecified atom stereocenters. The Balaban J connectivity index is 3.14. The fourth-order valence-corrected chi connectivity index (χ4v) is 1.84. The third kappa shape index (κ3) is 8.10. The summed E-state index contributed by atoms with van der Waals surface area (Å²) in [6.45, 7) is 9.31. The zero-order valence-electron chi connectivity index (χ0n) is 9.40. The van der Waals surface area contributed by atoms with Crippen molar-refractivity contribution < 1.29 is 0 Å². The molecule has 0 radical (unpaired) electrons. The molecule has 0 heteroatoms. The molecule has 0 aliphatic heterocycles. The van der Waals surface area contributed by atoms with Gasteiger partial charge in [-0.25, -0.2) is 0 Å². The molecule has 0 aromatic carbocycles. The molecular weight excluding hydrogens is 144 g/mol. The lowest BCUT2D eigenvalue weighted by Crippen LogP contribution is -1.99. The normalized spacial score (nSPS) is 13.8. The quantitative estimate of drug-likeness (QED) is 0.488. The molecule has 0 aromatic heterocycles. The first-order valence-electron chi connectivity index (χ1n) is 5.66. The van der Waals surface area contributed by atoms with Crippen LogP contribution in [0.5, 0.6) is 0 Å². The minimum atomic E-state index is 0.881. The molecule has 0 nitrogen and oxygen atoms in total. The van der Waals surface area contributed by atoms with Gasteiger partial charge < -0.3 is 0 Å². The van der Waals surface area contributed by atoms with Crippen LogP contribution in [0.2, 0.25) is 0 Å². The van der Waals surface area contributed by atoms with Crippen molar-refractivity contribution in [1.29, 1.82) is 0 Å². The second kappa shape index (κ2) is 7.64. The molecule has 0 amide bonds. The van der Waals surface area contributed by atoms with E-state index in [1.165, 1.54) is 38.5 Å². The fourth-order valence-electron chi connectivity index (χ4n) is 1.84. The molecule has 0 fully saturated rings. The lowest BCUT2D eigenvalue weighted by Gasteiger charge is -2.13. The average molecular weight is 170 g/mol. The molecular formula is C12H26. The van der Waals surface area contributed by atoms with Crippen LogP contribution in [0.15, 0.2) is 0 Å². The highest BCUT2D eigenvalue weighted by atomic mass is 14.1. The van der Waals surface area contributed by atoms with Crippen molar-refractivity contribution in [2.45, 2.75) is 66.2 Å². The third-order valence-corrected chi connectivity index (χ3v) is 2.42. The van der Waals surface area contributed by atoms with E-state index < -0.39 is 0 Å². The van der Waals surface area contributed by atoms with Gasteiger partial charge >= 0.3 is 0 Å². The number of unbranched alkanes of at least 4 members (excludes halogenated alkanes) is 3. The van der Waals surface area contributed by atoms with Gasteiger partial charge in [-0.3, -0.25) is 0 Å². The van der Waals surface area contributed by atoms with Crippen LogP contribution in [-0.2, 0) is 0 Å². The Bertz CT molecular complexity index is 84.0. The molecule has 0 aromatic rings. The van der Waals surface area contributed by atoms with Crippen LogP contribution in [0.1, 0.15) is 66.2 Å². The lowest BCUT2D eigenvalue weighted by atomic mass is 9.94. The van der Waals surface area contributed by atoms with E-state index in [1.54, 1.807) is 0 Å². The van der Waals surface area contributed by atoms with E-state index >= 15 is 0 Å². The maximum atomic E-state index is 2.39. The maximum absolute atomic E-state index is 2.39. The van der Waals surface area contributed by atoms with Crippen LogP contribution in [0.25, 0.3) is 0 Å². The largest absolute Gasteiger partial charge is 0.0654 e. The molecule has 0 aliphatic carbocycles. The zero-order valence-corrected chi connectivity index (χ0v) is 9.40. The molecule has 0 aliphatic rings. The number of hydrogen-bond acceptors (Lipinski definition) is 0. The van der Waals surface area contributed by atoms with Gasteiger partial charge in [0.2, 0.25) is 0 Å². The summed E-state index contributed by atoms with van der Waals surface area (Å²) in [5, 5.41) is 0. The van der Waals surface area contributed by atoms with Crippen molar-refractivity contribution in [2.75, 3.05) is 0 Å². The maximum Gasteiger partial charge on any atom is -0.0440 e. The SMILES string of the molecule is CCCCCCC(C)CC(C)C. The summed E-state index contributed by atoms with van der Waals surface area (Å²) in [5.74, 6) is 1.83. The molecule has 1 atom stereocenters. The molecule has 0 bridgehead atoms. The average Bonchev–Trinajstić information content (AvgIpc) is 1.97. The van der Waals surface area contributed by atoms with Gasteiger partial charge in [0.1, 0.15) is 0 Å². The summed E-state index contributed by atoms with van der Waals surface area (Å²) in [4.78, 5) is 0. The number of rotatable bonds is 7. The smallest absolute Gasteiger partial charge is 0.0440 e. The van der Waals surface area contributed by atoms with Gasteiger partial charge in [0, 0.05) is 0 Å². The van der Waals surface area contributed by atoms with Crippen LogP contribution >= 0.6 is 0 Å². The topological polar surface area (TPSA) is 0 Å². The van der Waals surface area contributed by atoms with Crippen LogP contribution in [-0.4, -0.2) is 0 Å². The third-order valence-electron chi connectivity index (χ3n) is 2.42. The van der Waals surface area contributed by atoms with Crippen LogP contribution < -0.4 is 0 Å². The van der Waals surface area contributed by atoms with Gasteiger partial charge in [0.25, 0.3) is 0 Å². The van der Waals surface area contributed by atoms with Crippen LogP contribution in [0.4, 0.5) is 0 Å². The van der Waals surface area contributed by atoms with Gasteiger partial charge in [0.05, 0.1) is 0 Å². The van der Waals surface area contributed by atoms with E-state index in [-0.39, 0.29) is 0 Å². The van der Waals surface area contributed by atoms with E-state index in [0.717, 1.165) is 11.8 Å². The van der Waals surface area contributed by atoms with E-state index in [4.69, 9.17) is 0 Å². The summed E-state index contributed by atoms with van der Waals surface area (Å²) in [6, 6.07) is 0. The first kappa shape index (κ1) is 12.0. The van der Waals surface area contributed by atoms with E-state index in [1.807, 2.05) is 0 Å². The minimum absolute atomic E-state index is 0.881. The summed E-state index contributed by atoms with van der Waals surface area (Å²) in [6.07, 6.45) is 8.53. The van der Waals surface area contributed by atoms with Gasteiger partial charge in [-0.2, -0.15) is 0 Å². The molecule has 0 saturated heterocycles. The van der Waals surface area contributed by atoms with Gasteiger partial charge in [-0.05, 0) is 18.3 Å². The fraction of sp³-hybridized carbons (Fsp3) is 1.00. The Hall–Kier alpha value is 0. The van der Waals surface area contributed by atoms with Crippen molar-refractivity contribution in [2.24, 2.45) is 11.8 Å². The standard InChI is InChI=1S/C12H26/c1-5-6-7-8-9-12(4)10-11(2)3/h11-12H,5-10H2,1-4H3. The second-order valence-corrected chi connectivity index (χ2v) is 4.58. The lowest BCUT2D eigenvalue weighted by molar-refractivity contribution is 0.399. The highest BCUT2D eigenvalue weighted by Gasteiger charge is 2.03. The highest BCUT2D eigenvalue weighted by molar-refractivity contribution is 4.56. The summed E-state index contributed by atoms with van der Waals surface area (Å²) < 4.78 is 0.